The number of hydrogen-bond acceptors (Lipinski definition) is 6. The second-order valence-electron chi connectivity index (χ2n) is 7.85. The summed E-state index contributed by atoms with van der Waals surface area (Å²) in [7, 11) is 0. The molecular formula is C24H19FN3O4S+. The van der Waals surface area contributed by atoms with E-state index in [2.05, 4.69) is 10.7 Å². The lowest BCUT2D eigenvalue weighted by Gasteiger charge is -2.22. The molecule has 0 spiro atoms. The van der Waals surface area contributed by atoms with Gasteiger partial charge in [-0.1, -0.05) is 23.5 Å². The summed E-state index contributed by atoms with van der Waals surface area (Å²) in [6, 6.07) is 11.9. The number of aryl methyl sites for hydroxylation is 2. The minimum atomic E-state index is -0.938. The summed E-state index contributed by atoms with van der Waals surface area (Å²) in [6.07, 6.45) is 0. The van der Waals surface area contributed by atoms with Crippen LogP contribution in [0.15, 0.2) is 58.5 Å². The van der Waals surface area contributed by atoms with Crippen LogP contribution in [0.4, 0.5) is 15.2 Å². The number of carbonyl (C=O) groups is 2. The monoisotopic (exact) mass is 464 g/mol. The number of rotatable bonds is 3. The molecule has 0 bridgehead atoms. The Morgan fingerprint density at radius 2 is 1.97 bits per heavy atom. The number of halogens is 1. The third-order valence-corrected chi connectivity index (χ3v) is 6.57. The lowest BCUT2D eigenvalue weighted by atomic mass is 9.95. The summed E-state index contributed by atoms with van der Waals surface area (Å²) in [6.45, 7) is 3.40. The highest BCUT2D eigenvalue weighted by molar-refractivity contribution is 7.22. The molecule has 1 aliphatic heterocycles. The number of hydrogen-bond donors (Lipinski definition) is 2. The number of aliphatic hydroxyl groups excluding tert-OH is 1. The van der Waals surface area contributed by atoms with Gasteiger partial charge in [0, 0.05) is 6.07 Å². The molecule has 1 aliphatic rings. The van der Waals surface area contributed by atoms with Crippen LogP contribution in [0.2, 0.25) is 0 Å². The number of furan rings is 1. The summed E-state index contributed by atoms with van der Waals surface area (Å²) < 4.78 is 19.8. The van der Waals surface area contributed by atoms with Gasteiger partial charge in [0.25, 0.3) is 5.78 Å². The van der Waals surface area contributed by atoms with Gasteiger partial charge in [-0.2, -0.15) is 0 Å². The van der Waals surface area contributed by atoms with Gasteiger partial charge in [0.1, 0.15) is 28.8 Å². The zero-order valence-electron chi connectivity index (χ0n) is 17.8. The molecule has 1 atom stereocenters. The predicted molar refractivity (Wildman–Crippen MR) is 122 cm³/mol. The minimum absolute atomic E-state index is 0.0695. The maximum absolute atomic E-state index is 13.7. The molecule has 1 fully saturated rings. The average Bonchev–Trinajstić information content (AvgIpc) is 3.41. The third kappa shape index (κ3) is 3.42. The third-order valence-electron chi connectivity index (χ3n) is 5.55. The van der Waals surface area contributed by atoms with Gasteiger partial charge in [-0.05, 0) is 49.7 Å². The van der Waals surface area contributed by atoms with Gasteiger partial charge in [-0.3, -0.25) is 14.5 Å². The highest BCUT2D eigenvalue weighted by atomic mass is 32.1. The van der Waals surface area contributed by atoms with Crippen LogP contribution in [-0.2, 0) is 9.59 Å². The van der Waals surface area contributed by atoms with E-state index < -0.39 is 23.5 Å². The number of quaternary nitrogens is 1. The normalized spacial score (nSPS) is 17.9. The molecule has 0 saturated carbocycles. The van der Waals surface area contributed by atoms with Crippen molar-refractivity contribution in [1.29, 1.82) is 0 Å². The van der Waals surface area contributed by atoms with Crippen molar-refractivity contribution in [2.24, 2.45) is 0 Å². The molecule has 4 N–H and O–H groups in total. The van der Waals surface area contributed by atoms with E-state index in [1.165, 1.54) is 23.1 Å². The quantitative estimate of drug-likeness (QED) is 0.269. The number of carbonyl (C=O) groups excluding carboxylic acids is 2. The first kappa shape index (κ1) is 21.0. The van der Waals surface area contributed by atoms with Crippen LogP contribution in [0.25, 0.3) is 16.0 Å². The number of ketones is 1. The minimum Gasteiger partial charge on any atom is -0.507 e. The molecule has 2 aromatic heterocycles. The molecule has 2 aromatic carbocycles. The van der Waals surface area contributed by atoms with Gasteiger partial charge in [0.05, 0.1) is 27.4 Å². The van der Waals surface area contributed by atoms with Crippen LogP contribution < -0.4 is 10.6 Å². The molecular weight excluding hydrogens is 445 g/mol. The predicted octanol–water partition coefficient (Wildman–Crippen LogP) is 4.14. The van der Waals surface area contributed by atoms with Gasteiger partial charge in [-0.15, -0.1) is 0 Å². The number of benzene rings is 2. The highest BCUT2D eigenvalue weighted by Crippen LogP contribution is 2.45. The molecule has 1 amide bonds. The number of anilines is 1. The summed E-state index contributed by atoms with van der Waals surface area (Å²) in [4.78, 5) is 32.2. The van der Waals surface area contributed by atoms with E-state index in [0.717, 1.165) is 11.3 Å². The van der Waals surface area contributed by atoms with Crippen molar-refractivity contribution in [1.82, 2.24) is 4.98 Å². The number of amides is 1. The van der Waals surface area contributed by atoms with E-state index in [1.54, 1.807) is 44.2 Å². The SMILES string of the molecule is Cc1cc(/C(O)=C2\C(=O)C(=O)N(c3nc4ccc(F)cc4s3)C2c2cccc([NH3+])c2)c(C)o1. The zero-order chi connectivity index (χ0) is 23.4. The lowest BCUT2D eigenvalue weighted by Crippen LogP contribution is -2.40. The Labute approximate surface area is 191 Å². The van der Waals surface area contributed by atoms with Crippen molar-refractivity contribution >= 4 is 49.8 Å². The molecule has 1 saturated heterocycles. The fraction of sp³-hybridized carbons (Fsp3) is 0.125. The van der Waals surface area contributed by atoms with E-state index in [-0.39, 0.29) is 16.5 Å². The summed E-state index contributed by atoms with van der Waals surface area (Å²) in [5.74, 6) is -1.42. The first-order valence-corrected chi connectivity index (χ1v) is 10.9. The molecule has 33 heavy (non-hydrogen) atoms. The van der Waals surface area contributed by atoms with Crippen molar-refractivity contribution in [2.45, 2.75) is 19.9 Å². The summed E-state index contributed by atoms with van der Waals surface area (Å²) in [5, 5.41) is 11.4. The molecule has 0 radical (unpaired) electrons. The Morgan fingerprint density at radius 1 is 1.18 bits per heavy atom. The number of nitrogens with zero attached hydrogens (tertiary/aromatic N) is 2. The van der Waals surface area contributed by atoms with Gasteiger partial charge in [-0.25, -0.2) is 9.37 Å². The highest BCUT2D eigenvalue weighted by Gasteiger charge is 2.48. The number of thiazole rings is 1. The standard InChI is InChI=1S/C24H18FN3O4S/c1-11-8-16(12(2)32-11)21(29)19-20(13-4-3-5-15(26)9-13)28(23(31)22(19)30)24-27-17-7-6-14(25)10-18(17)33-24/h3-10,20,29H,26H2,1-2H3/p+1/b21-19+. The Kier molecular flexibility index (Phi) is 4.88. The average molecular weight is 464 g/mol. The van der Waals surface area contributed by atoms with Gasteiger partial charge >= 0.3 is 5.91 Å². The van der Waals surface area contributed by atoms with E-state index in [1.807, 2.05) is 0 Å². The molecule has 0 aliphatic carbocycles. The number of aromatic nitrogens is 1. The Morgan fingerprint density at radius 3 is 2.67 bits per heavy atom. The molecule has 1 unspecified atom stereocenters. The maximum atomic E-state index is 13.7. The van der Waals surface area contributed by atoms with E-state index in [4.69, 9.17) is 4.42 Å². The second kappa shape index (κ2) is 7.65. The van der Waals surface area contributed by atoms with Crippen molar-refractivity contribution < 1.29 is 29.2 Å². The molecule has 3 heterocycles. The Hall–Kier alpha value is -3.82. The van der Waals surface area contributed by atoms with Gasteiger partial charge in [0.15, 0.2) is 5.13 Å². The Bertz CT molecular complexity index is 1490. The van der Waals surface area contributed by atoms with Crippen molar-refractivity contribution in [2.75, 3.05) is 4.90 Å². The number of Topliss-reactive ketones (excluding diaryl/α,β-unsaturated/α-hetero) is 1. The first-order valence-electron chi connectivity index (χ1n) is 10.1. The van der Waals surface area contributed by atoms with Crippen molar-refractivity contribution in [3.63, 3.8) is 0 Å². The van der Waals surface area contributed by atoms with E-state index in [0.29, 0.717) is 38.6 Å². The molecule has 166 valence electrons. The fourth-order valence-corrected chi connectivity index (χ4v) is 5.13. The van der Waals surface area contributed by atoms with E-state index >= 15 is 0 Å². The van der Waals surface area contributed by atoms with Gasteiger partial charge < -0.3 is 15.3 Å². The maximum Gasteiger partial charge on any atom is 0.301 e. The topological polar surface area (TPSA) is 111 Å². The molecule has 9 heteroatoms. The first-order chi connectivity index (χ1) is 15.7. The van der Waals surface area contributed by atoms with E-state index in [9.17, 15) is 19.1 Å². The van der Waals surface area contributed by atoms with Crippen LogP contribution in [0, 0.1) is 19.7 Å². The fourth-order valence-electron chi connectivity index (χ4n) is 4.11. The van der Waals surface area contributed by atoms with Crippen molar-refractivity contribution in [3.05, 3.63) is 82.6 Å². The smallest absolute Gasteiger partial charge is 0.301 e. The Balaban J connectivity index is 1.76. The van der Waals surface area contributed by atoms with Crippen molar-refractivity contribution in [3.8, 4) is 0 Å². The van der Waals surface area contributed by atoms with Crippen LogP contribution in [0.3, 0.4) is 0 Å². The number of aliphatic hydroxyl groups is 1. The van der Waals surface area contributed by atoms with Crippen LogP contribution >= 0.6 is 11.3 Å². The van der Waals surface area contributed by atoms with Crippen LogP contribution in [0.1, 0.15) is 28.7 Å². The summed E-state index contributed by atoms with van der Waals surface area (Å²) >= 11 is 1.10. The molecule has 4 aromatic rings. The zero-order valence-corrected chi connectivity index (χ0v) is 18.6. The molecule has 7 nitrogen and oxygen atoms in total. The van der Waals surface area contributed by atoms with Crippen LogP contribution in [-0.4, -0.2) is 21.8 Å². The van der Waals surface area contributed by atoms with Crippen LogP contribution in [0.5, 0.6) is 0 Å². The number of fused-ring (bicyclic) bond motifs is 1. The largest absolute Gasteiger partial charge is 0.507 e. The second-order valence-corrected chi connectivity index (χ2v) is 8.86. The lowest BCUT2D eigenvalue weighted by molar-refractivity contribution is -0.254. The van der Waals surface area contributed by atoms with Gasteiger partial charge in [0.2, 0.25) is 0 Å². The molecule has 5 rings (SSSR count). The summed E-state index contributed by atoms with van der Waals surface area (Å²) in [5.41, 5.74) is 5.99.